The quantitative estimate of drug-likeness (QED) is 0.772. The van der Waals surface area contributed by atoms with E-state index in [0.29, 0.717) is 12.0 Å². The average Bonchev–Trinajstić information content (AvgIpc) is 2.30. The number of rotatable bonds is 6. The lowest BCUT2D eigenvalue weighted by molar-refractivity contribution is 0.438. The van der Waals surface area contributed by atoms with Gasteiger partial charge in [0.25, 0.3) is 0 Å². The van der Waals surface area contributed by atoms with Gasteiger partial charge < -0.3 is 5.32 Å². The molecule has 1 aromatic carbocycles. The Morgan fingerprint density at radius 3 is 2.31 bits per heavy atom. The van der Waals surface area contributed by atoms with Gasteiger partial charge in [-0.25, -0.2) is 0 Å². The van der Waals surface area contributed by atoms with Crippen molar-refractivity contribution in [2.45, 2.75) is 45.6 Å². The van der Waals surface area contributed by atoms with E-state index < -0.39 is 0 Å². The Morgan fingerprint density at radius 1 is 1.19 bits per heavy atom. The topological polar surface area (TPSA) is 12.0 Å². The molecule has 1 aromatic rings. The predicted molar refractivity (Wildman–Crippen MR) is 79.9 cm³/mol. The molecule has 0 spiro atoms. The van der Waals surface area contributed by atoms with Crippen molar-refractivity contribution in [1.82, 2.24) is 5.32 Å². The third kappa shape index (κ3) is 4.06. The van der Waals surface area contributed by atoms with Gasteiger partial charge in [0.1, 0.15) is 0 Å². The molecule has 0 aliphatic carbocycles. The summed E-state index contributed by atoms with van der Waals surface area (Å²) in [4.78, 5) is 0. The smallest absolute Gasteiger partial charge is 0.0130 e. The molecule has 0 heterocycles. The third-order valence-corrected chi connectivity index (χ3v) is 3.81. The van der Waals surface area contributed by atoms with Crippen molar-refractivity contribution in [3.05, 3.63) is 33.4 Å². The average molecular weight is 331 g/mol. The van der Waals surface area contributed by atoms with Crippen LogP contribution in [-0.4, -0.2) is 12.6 Å². The van der Waals surface area contributed by atoms with Crippen LogP contribution < -0.4 is 5.32 Å². The molecule has 0 bridgehead atoms. The molecule has 1 rings (SSSR count). The highest BCUT2D eigenvalue weighted by Crippen LogP contribution is 2.22. The summed E-state index contributed by atoms with van der Waals surface area (Å²) in [6.07, 6.45) is 2.39. The van der Waals surface area contributed by atoms with Gasteiger partial charge in [0.2, 0.25) is 0 Å². The Kier molecular flexibility index (Phi) is 6.36. The van der Waals surface area contributed by atoms with Gasteiger partial charge in [0, 0.05) is 9.61 Å². The van der Waals surface area contributed by atoms with E-state index in [4.69, 9.17) is 0 Å². The van der Waals surface area contributed by atoms with Crippen molar-refractivity contribution in [3.8, 4) is 0 Å². The Balaban J connectivity index is 2.66. The first-order chi connectivity index (χ1) is 7.69. The summed E-state index contributed by atoms with van der Waals surface area (Å²) < 4.78 is 1.31. The van der Waals surface area contributed by atoms with Crippen LogP contribution in [0.15, 0.2) is 24.3 Å². The standard InChI is InChI=1S/C14H22IN/c1-4-10-16-14(5-2)11(3)12-6-8-13(15)9-7-12/h6-9,11,14,16H,4-5,10H2,1-3H3. The molecule has 0 aromatic heterocycles. The normalized spacial score (nSPS) is 14.8. The van der Waals surface area contributed by atoms with Crippen LogP contribution in [0.4, 0.5) is 0 Å². The molecule has 1 nitrogen and oxygen atoms in total. The first-order valence-electron chi connectivity index (χ1n) is 6.17. The summed E-state index contributed by atoms with van der Waals surface area (Å²) in [7, 11) is 0. The van der Waals surface area contributed by atoms with Gasteiger partial charge >= 0.3 is 0 Å². The van der Waals surface area contributed by atoms with Crippen LogP contribution in [0.3, 0.4) is 0 Å². The van der Waals surface area contributed by atoms with E-state index in [1.165, 1.54) is 22.0 Å². The number of nitrogens with one attached hydrogen (secondary N) is 1. The molecular formula is C14H22IN. The Bertz CT molecular complexity index is 294. The van der Waals surface area contributed by atoms with Crippen LogP contribution in [-0.2, 0) is 0 Å². The molecule has 2 heteroatoms. The SMILES string of the molecule is CCCNC(CC)C(C)c1ccc(I)cc1. The molecule has 0 saturated heterocycles. The van der Waals surface area contributed by atoms with E-state index >= 15 is 0 Å². The first kappa shape index (κ1) is 14.0. The van der Waals surface area contributed by atoms with Gasteiger partial charge in [-0.05, 0) is 65.6 Å². The summed E-state index contributed by atoms with van der Waals surface area (Å²) in [6, 6.07) is 9.49. The van der Waals surface area contributed by atoms with E-state index in [2.05, 4.69) is 72.9 Å². The fraction of sp³-hybridized carbons (Fsp3) is 0.571. The van der Waals surface area contributed by atoms with Crippen molar-refractivity contribution in [3.63, 3.8) is 0 Å². The van der Waals surface area contributed by atoms with Gasteiger partial charge in [-0.3, -0.25) is 0 Å². The number of halogens is 1. The zero-order valence-corrected chi connectivity index (χ0v) is 12.6. The van der Waals surface area contributed by atoms with Gasteiger partial charge in [0.05, 0.1) is 0 Å². The molecule has 2 atom stereocenters. The monoisotopic (exact) mass is 331 g/mol. The van der Waals surface area contributed by atoms with Gasteiger partial charge in [-0.1, -0.05) is 32.9 Å². The van der Waals surface area contributed by atoms with Crippen LogP contribution in [0.2, 0.25) is 0 Å². The first-order valence-corrected chi connectivity index (χ1v) is 7.25. The summed E-state index contributed by atoms with van der Waals surface area (Å²) >= 11 is 2.35. The third-order valence-electron chi connectivity index (χ3n) is 3.10. The van der Waals surface area contributed by atoms with E-state index in [-0.39, 0.29) is 0 Å². The highest BCUT2D eigenvalue weighted by Gasteiger charge is 2.15. The van der Waals surface area contributed by atoms with Crippen molar-refractivity contribution in [2.24, 2.45) is 0 Å². The zero-order chi connectivity index (χ0) is 12.0. The molecule has 16 heavy (non-hydrogen) atoms. The van der Waals surface area contributed by atoms with Crippen LogP contribution in [0.1, 0.15) is 45.1 Å². The maximum atomic E-state index is 3.63. The van der Waals surface area contributed by atoms with E-state index in [9.17, 15) is 0 Å². The lowest BCUT2D eigenvalue weighted by Crippen LogP contribution is -2.33. The highest BCUT2D eigenvalue weighted by molar-refractivity contribution is 14.1. The maximum absolute atomic E-state index is 3.63. The van der Waals surface area contributed by atoms with Gasteiger partial charge in [-0.15, -0.1) is 0 Å². The minimum absolute atomic E-state index is 0.591. The molecule has 0 aliphatic rings. The number of hydrogen-bond acceptors (Lipinski definition) is 1. The van der Waals surface area contributed by atoms with Crippen LogP contribution in [0.5, 0.6) is 0 Å². The molecule has 0 aliphatic heterocycles. The molecule has 0 saturated carbocycles. The molecule has 90 valence electrons. The van der Waals surface area contributed by atoms with Crippen LogP contribution in [0, 0.1) is 3.57 Å². The molecule has 0 radical (unpaired) electrons. The largest absolute Gasteiger partial charge is 0.313 e. The molecular weight excluding hydrogens is 309 g/mol. The summed E-state index contributed by atoms with van der Waals surface area (Å²) in [5.74, 6) is 0.591. The minimum atomic E-state index is 0.591. The van der Waals surface area contributed by atoms with E-state index in [1.54, 1.807) is 0 Å². The number of hydrogen-bond donors (Lipinski definition) is 1. The Morgan fingerprint density at radius 2 is 1.81 bits per heavy atom. The second-order valence-corrected chi connectivity index (χ2v) is 5.55. The lowest BCUT2D eigenvalue weighted by atomic mass is 9.91. The minimum Gasteiger partial charge on any atom is -0.313 e. The summed E-state index contributed by atoms with van der Waals surface area (Å²) in [6.45, 7) is 7.91. The summed E-state index contributed by atoms with van der Waals surface area (Å²) in [5, 5.41) is 3.63. The lowest BCUT2D eigenvalue weighted by Gasteiger charge is -2.24. The predicted octanol–water partition coefficient (Wildman–Crippen LogP) is 4.17. The van der Waals surface area contributed by atoms with E-state index in [0.717, 1.165) is 6.54 Å². The van der Waals surface area contributed by atoms with Crippen molar-refractivity contribution >= 4 is 22.6 Å². The zero-order valence-electron chi connectivity index (χ0n) is 10.5. The second-order valence-electron chi connectivity index (χ2n) is 4.31. The molecule has 0 fully saturated rings. The van der Waals surface area contributed by atoms with Crippen LogP contribution >= 0.6 is 22.6 Å². The highest BCUT2D eigenvalue weighted by atomic mass is 127. The van der Waals surface area contributed by atoms with Crippen molar-refractivity contribution in [2.75, 3.05) is 6.54 Å². The van der Waals surface area contributed by atoms with E-state index in [1.807, 2.05) is 0 Å². The van der Waals surface area contributed by atoms with Crippen LogP contribution in [0.25, 0.3) is 0 Å². The molecule has 2 unspecified atom stereocenters. The Hall–Kier alpha value is -0.0900. The fourth-order valence-electron chi connectivity index (χ4n) is 2.00. The number of benzene rings is 1. The molecule has 1 N–H and O–H groups in total. The summed E-state index contributed by atoms with van der Waals surface area (Å²) in [5.41, 5.74) is 1.44. The van der Waals surface area contributed by atoms with Crippen molar-refractivity contribution < 1.29 is 0 Å². The van der Waals surface area contributed by atoms with Gasteiger partial charge in [-0.2, -0.15) is 0 Å². The maximum Gasteiger partial charge on any atom is 0.0130 e. The molecule has 0 amide bonds. The Labute approximate surface area is 113 Å². The fourth-order valence-corrected chi connectivity index (χ4v) is 2.36. The van der Waals surface area contributed by atoms with Gasteiger partial charge in [0.15, 0.2) is 0 Å². The van der Waals surface area contributed by atoms with Crippen molar-refractivity contribution in [1.29, 1.82) is 0 Å². The second kappa shape index (κ2) is 7.28.